The summed E-state index contributed by atoms with van der Waals surface area (Å²) in [5.41, 5.74) is 3.59. The average molecular weight is 274 g/mol. The SMILES string of the molecule is CN/N=C/c1ccc(O)cc1.Cc1nccn1CC=O. The van der Waals surface area contributed by atoms with E-state index in [0.717, 1.165) is 17.7 Å². The minimum atomic E-state index is 0.270. The Bertz CT molecular complexity index is 547. The quantitative estimate of drug-likeness (QED) is 0.501. The molecule has 2 aromatic rings. The monoisotopic (exact) mass is 274 g/mol. The molecular formula is C14H18N4O2. The van der Waals surface area contributed by atoms with Crippen LogP contribution < -0.4 is 5.43 Å². The molecular weight excluding hydrogens is 256 g/mol. The maximum absolute atomic E-state index is 9.98. The van der Waals surface area contributed by atoms with Gasteiger partial charge in [0.1, 0.15) is 17.9 Å². The minimum Gasteiger partial charge on any atom is -0.508 e. The van der Waals surface area contributed by atoms with E-state index in [0.29, 0.717) is 6.54 Å². The second-order valence-corrected chi connectivity index (χ2v) is 3.87. The molecule has 20 heavy (non-hydrogen) atoms. The van der Waals surface area contributed by atoms with E-state index in [4.69, 9.17) is 5.11 Å². The number of hydrogen-bond acceptors (Lipinski definition) is 5. The number of aromatic hydroxyl groups is 1. The van der Waals surface area contributed by atoms with E-state index in [1.54, 1.807) is 54.5 Å². The molecule has 0 aliphatic rings. The normalized spacial score (nSPS) is 9.90. The molecule has 2 N–H and O–H groups in total. The van der Waals surface area contributed by atoms with E-state index in [1.165, 1.54) is 0 Å². The van der Waals surface area contributed by atoms with Crippen LogP contribution in [-0.4, -0.2) is 34.2 Å². The van der Waals surface area contributed by atoms with Crippen LogP contribution in [-0.2, 0) is 11.3 Å². The first kappa shape index (κ1) is 15.4. The van der Waals surface area contributed by atoms with Crippen molar-refractivity contribution in [1.29, 1.82) is 0 Å². The molecule has 0 amide bonds. The average Bonchev–Trinajstić information content (AvgIpc) is 2.85. The van der Waals surface area contributed by atoms with Gasteiger partial charge in [0.15, 0.2) is 0 Å². The van der Waals surface area contributed by atoms with E-state index in [1.807, 2.05) is 6.92 Å². The number of aldehydes is 1. The predicted molar refractivity (Wildman–Crippen MR) is 77.8 cm³/mol. The number of nitrogens with zero attached hydrogens (tertiary/aromatic N) is 3. The summed E-state index contributed by atoms with van der Waals surface area (Å²) >= 11 is 0. The van der Waals surface area contributed by atoms with E-state index in [9.17, 15) is 4.79 Å². The standard InChI is InChI=1S/C8H10N2O.C6H8N2O/c1-9-10-6-7-2-4-8(11)5-3-7;1-6-7-2-3-8(6)4-5-9/h2-6,9,11H,1H3;2-3,5H,4H2,1H3/b10-6+;. The number of hydrazone groups is 1. The van der Waals surface area contributed by atoms with Crippen LogP contribution in [0.25, 0.3) is 0 Å². The Morgan fingerprint density at radius 3 is 2.60 bits per heavy atom. The molecule has 1 aromatic carbocycles. The Balaban J connectivity index is 0.000000204. The Morgan fingerprint density at radius 2 is 2.10 bits per heavy atom. The number of carbonyl (C=O) groups is 1. The van der Waals surface area contributed by atoms with Gasteiger partial charge in [-0.1, -0.05) is 0 Å². The van der Waals surface area contributed by atoms with Crippen molar-refractivity contribution >= 4 is 12.5 Å². The van der Waals surface area contributed by atoms with Crippen LogP contribution in [0.3, 0.4) is 0 Å². The van der Waals surface area contributed by atoms with Crippen LogP contribution in [0.15, 0.2) is 41.8 Å². The summed E-state index contributed by atoms with van der Waals surface area (Å²) in [6.45, 7) is 2.27. The Labute approximate surface area is 117 Å². The molecule has 0 saturated heterocycles. The Kier molecular flexibility index (Phi) is 6.53. The van der Waals surface area contributed by atoms with Gasteiger partial charge in [0.25, 0.3) is 0 Å². The van der Waals surface area contributed by atoms with E-state index in [2.05, 4.69) is 15.5 Å². The summed E-state index contributed by atoms with van der Waals surface area (Å²) in [5, 5.41) is 12.7. The number of hydrogen-bond donors (Lipinski definition) is 2. The molecule has 0 fully saturated rings. The predicted octanol–water partition coefficient (Wildman–Crippen LogP) is 1.34. The van der Waals surface area contributed by atoms with Crippen molar-refractivity contribution in [2.45, 2.75) is 13.5 Å². The molecule has 2 rings (SSSR count). The van der Waals surface area contributed by atoms with E-state index < -0.39 is 0 Å². The van der Waals surface area contributed by atoms with Crippen molar-refractivity contribution < 1.29 is 9.90 Å². The summed E-state index contributed by atoms with van der Waals surface area (Å²) in [7, 11) is 1.73. The lowest BCUT2D eigenvalue weighted by Crippen LogP contribution is -1.98. The van der Waals surface area contributed by atoms with Crippen molar-refractivity contribution in [3.8, 4) is 5.75 Å². The van der Waals surface area contributed by atoms with Gasteiger partial charge in [0.2, 0.25) is 0 Å². The van der Waals surface area contributed by atoms with Gasteiger partial charge in [-0.2, -0.15) is 5.10 Å². The molecule has 0 unspecified atom stereocenters. The zero-order valence-electron chi connectivity index (χ0n) is 11.5. The fourth-order valence-corrected chi connectivity index (χ4v) is 1.38. The summed E-state index contributed by atoms with van der Waals surface area (Å²) in [6.07, 6.45) is 6.00. The van der Waals surface area contributed by atoms with Crippen LogP contribution >= 0.6 is 0 Å². The molecule has 6 nitrogen and oxygen atoms in total. The summed E-state index contributed by atoms with van der Waals surface area (Å²) in [5.74, 6) is 1.15. The molecule has 0 bridgehead atoms. The molecule has 0 aliphatic carbocycles. The van der Waals surface area contributed by atoms with Gasteiger partial charge in [-0.05, 0) is 36.8 Å². The van der Waals surface area contributed by atoms with Crippen molar-refractivity contribution in [2.75, 3.05) is 7.05 Å². The van der Waals surface area contributed by atoms with Gasteiger partial charge in [-0.15, -0.1) is 0 Å². The zero-order chi connectivity index (χ0) is 14.8. The third-order valence-electron chi connectivity index (χ3n) is 2.43. The van der Waals surface area contributed by atoms with Crippen molar-refractivity contribution in [3.05, 3.63) is 48.0 Å². The number of phenols is 1. The second kappa shape index (κ2) is 8.47. The first-order valence-corrected chi connectivity index (χ1v) is 6.07. The van der Waals surface area contributed by atoms with Crippen LogP contribution in [0.1, 0.15) is 11.4 Å². The Hall–Kier alpha value is -2.63. The Morgan fingerprint density at radius 1 is 1.40 bits per heavy atom. The lowest BCUT2D eigenvalue weighted by molar-refractivity contribution is -0.108. The zero-order valence-corrected chi connectivity index (χ0v) is 11.5. The van der Waals surface area contributed by atoms with Gasteiger partial charge in [-0.3, -0.25) is 0 Å². The number of nitrogens with one attached hydrogen (secondary N) is 1. The fraction of sp³-hybridized carbons (Fsp3) is 0.214. The molecule has 6 heteroatoms. The summed E-state index contributed by atoms with van der Waals surface area (Å²) in [6, 6.07) is 6.82. The molecule has 0 aliphatic heterocycles. The van der Waals surface area contributed by atoms with E-state index in [-0.39, 0.29) is 5.75 Å². The number of imidazole rings is 1. The van der Waals surface area contributed by atoms with Crippen LogP contribution in [0.2, 0.25) is 0 Å². The highest BCUT2D eigenvalue weighted by Gasteiger charge is 1.91. The number of aryl methyl sites for hydroxylation is 1. The number of carbonyl (C=O) groups excluding carboxylic acids is 1. The molecule has 1 heterocycles. The second-order valence-electron chi connectivity index (χ2n) is 3.87. The molecule has 1 aromatic heterocycles. The van der Waals surface area contributed by atoms with E-state index >= 15 is 0 Å². The first-order chi connectivity index (χ1) is 9.67. The third kappa shape index (κ3) is 5.34. The van der Waals surface area contributed by atoms with Crippen LogP contribution in [0, 0.1) is 6.92 Å². The minimum absolute atomic E-state index is 0.270. The van der Waals surface area contributed by atoms with Gasteiger partial charge in [-0.25, -0.2) is 4.98 Å². The van der Waals surface area contributed by atoms with Crippen LogP contribution in [0.4, 0.5) is 0 Å². The van der Waals surface area contributed by atoms with Crippen molar-refractivity contribution in [2.24, 2.45) is 5.10 Å². The highest BCUT2D eigenvalue weighted by Crippen LogP contribution is 2.07. The molecule has 0 radical (unpaired) electrons. The summed E-state index contributed by atoms with van der Waals surface area (Å²) in [4.78, 5) is 13.9. The highest BCUT2D eigenvalue weighted by atomic mass is 16.3. The number of phenolic OH excluding ortho intramolecular Hbond substituents is 1. The molecule has 106 valence electrons. The van der Waals surface area contributed by atoms with Gasteiger partial charge >= 0.3 is 0 Å². The lowest BCUT2D eigenvalue weighted by atomic mass is 10.2. The van der Waals surface area contributed by atoms with Crippen molar-refractivity contribution in [3.63, 3.8) is 0 Å². The molecule has 0 atom stereocenters. The highest BCUT2D eigenvalue weighted by molar-refractivity contribution is 5.79. The number of rotatable bonds is 4. The third-order valence-corrected chi connectivity index (χ3v) is 2.43. The van der Waals surface area contributed by atoms with Gasteiger partial charge in [0, 0.05) is 19.4 Å². The van der Waals surface area contributed by atoms with Crippen LogP contribution in [0.5, 0.6) is 5.75 Å². The number of benzene rings is 1. The smallest absolute Gasteiger partial charge is 0.139 e. The first-order valence-electron chi connectivity index (χ1n) is 6.07. The molecule has 0 saturated carbocycles. The fourth-order valence-electron chi connectivity index (χ4n) is 1.38. The maximum atomic E-state index is 9.98. The largest absolute Gasteiger partial charge is 0.508 e. The van der Waals surface area contributed by atoms with Gasteiger partial charge in [0.05, 0.1) is 12.8 Å². The lowest BCUT2D eigenvalue weighted by Gasteiger charge is -1.94. The number of aromatic nitrogens is 2. The topological polar surface area (TPSA) is 79.5 Å². The maximum Gasteiger partial charge on any atom is 0.139 e. The summed E-state index contributed by atoms with van der Waals surface area (Å²) < 4.78 is 1.78. The van der Waals surface area contributed by atoms with Crippen molar-refractivity contribution in [1.82, 2.24) is 15.0 Å². The van der Waals surface area contributed by atoms with Gasteiger partial charge < -0.3 is 19.9 Å². The molecule has 0 spiro atoms.